The Kier molecular flexibility index (Phi) is 4.53. The molecular weight excluding hydrogens is 287 g/mol. The largest absolute Gasteiger partial charge is 0.311 e. The molecular formula is C17H24ClFN2. The minimum Gasteiger partial charge on any atom is -0.311 e. The van der Waals surface area contributed by atoms with E-state index < -0.39 is 0 Å². The molecule has 2 unspecified atom stereocenters. The first-order valence-corrected chi connectivity index (χ1v) is 8.33. The number of hydrogen-bond donors (Lipinski definition) is 1. The summed E-state index contributed by atoms with van der Waals surface area (Å²) in [4.78, 5) is 2.51. The highest BCUT2D eigenvalue weighted by atomic mass is 35.5. The van der Waals surface area contributed by atoms with Gasteiger partial charge in [0.05, 0.1) is 0 Å². The number of nitrogens with zero attached hydrogens (tertiary/aromatic N) is 1. The molecule has 0 aromatic heterocycles. The molecule has 1 aliphatic heterocycles. The van der Waals surface area contributed by atoms with Gasteiger partial charge in [0.2, 0.25) is 0 Å². The highest BCUT2D eigenvalue weighted by Crippen LogP contribution is 2.37. The first-order valence-electron chi connectivity index (χ1n) is 7.96. The zero-order valence-corrected chi connectivity index (χ0v) is 13.5. The normalized spacial score (nSPS) is 27.3. The minimum absolute atomic E-state index is 0.201. The summed E-state index contributed by atoms with van der Waals surface area (Å²) in [5, 5.41) is 4.35. The van der Waals surface area contributed by atoms with Gasteiger partial charge in [0, 0.05) is 36.7 Å². The van der Waals surface area contributed by atoms with Crippen LogP contribution in [0.2, 0.25) is 5.02 Å². The third-order valence-corrected chi connectivity index (χ3v) is 5.21. The van der Waals surface area contributed by atoms with Crippen LogP contribution in [-0.2, 0) is 6.54 Å². The first-order chi connectivity index (χ1) is 10.0. The Morgan fingerprint density at radius 3 is 2.81 bits per heavy atom. The Labute approximate surface area is 131 Å². The Hall–Kier alpha value is -0.640. The Balaban J connectivity index is 1.76. The fourth-order valence-electron chi connectivity index (χ4n) is 3.31. The van der Waals surface area contributed by atoms with Crippen molar-refractivity contribution in [3.8, 4) is 0 Å². The quantitative estimate of drug-likeness (QED) is 0.912. The average molecular weight is 311 g/mol. The molecule has 1 aromatic rings. The molecule has 21 heavy (non-hydrogen) atoms. The Morgan fingerprint density at radius 1 is 1.38 bits per heavy atom. The second-order valence-electron chi connectivity index (χ2n) is 6.83. The maximum absolute atomic E-state index is 13.5. The number of piperazine rings is 1. The summed E-state index contributed by atoms with van der Waals surface area (Å²) >= 11 is 6.25. The van der Waals surface area contributed by atoms with Crippen LogP contribution in [0.15, 0.2) is 18.2 Å². The Bertz CT molecular complexity index is 502. The molecule has 1 heterocycles. The molecule has 2 fully saturated rings. The summed E-state index contributed by atoms with van der Waals surface area (Å²) in [5.41, 5.74) is 0.909. The van der Waals surface area contributed by atoms with E-state index in [-0.39, 0.29) is 5.82 Å². The van der Waals surface area contributed by atoms with Crippen molar-refractivity contribution < 1.29 is 4.39 Å². The van der Waals surface area contributed by atoms with E-state index in [9.17, 15) is 4.39 Å². The van der Waals surface area contributed by atoms with E-state index in [0.717, 1.165) is 31.1 Å². The van der Waals surface area contributed by atoms with Crippen molar-refractivity contribution in [3.63, 3.8) is 0 Å². The van der Waals surface area contributed by atoms with E-state index in [1.807, 2.05) is 0 Å². The van der Waals surface area contributed by atoms with Gasteiger partial charge in [0.1, 0.15) is 5.82 Å². The summed E-state index contributed by atoms with van der Waals surface area (Å²) in [5.74, 6) is 1.21. The minimum atomic E-state index is -0.201. The molecule has 0 spiro atoms. The van der Waals surface area contributed by atoms with Crippen LogP contribution in [-0.4, -0.2) is 30.1 Å². The van der Waals surface area contributed by atoms with E-state index in [1.165, 1.54) is 18.9 Å². The zero-order valence-electron chi connectivity index (χ0n) is 12.8. The van der Waals surface area contributed by atoms with Crippen LogP contribution in [0, 0.1) is 17.7 Å². The van der Waals surface area contributed by atoms with E-state index in [4.69, 9.17) is 11.6 Å². The number of nitrogens with one attached hydrogen (secondary N) is 1. The molecule has 3 rings (SSSR count). The van der Waals surface area contributed by atoms with Gasteiger partial charge in [-0.1, -0.05) is 25.4 Å². The van der Waals surface area contributed by atoms with E-state index in [1.54, 1.807) is 12.1 Å². The summed E-state index contributed by atoms with van der Waals surface area (Å²) in [6, 6.07) is 5.75. The Morgan fingerprint density at radius 2 is 2.14 bits per heavy atom. The second-order valence-corrected chi connectivity index (χ2v) is 7.24. The topological polar surface area (TPSA) is 15.3 Å². The summed E-state index contributed by atoms with van der Waals surface area (Å²) in [7, 11) is 0. The molecule has 1 aliphatic carbocycles. The lowest BCUT2D eigenvalue weighted by Gasteiger charge is -2.42. The molecule has 2 aliphatic rings. The lowest BCUT2D eigenvalue weighted by Crippen LogP contribution is -2.58. The number of rotatable bonds is 4. The second kappa shape index (κ2) is 6.23. The highest BCUT2D eigenvalue weighted by Gasteiger charge is 2.39. The van der Waals surface area contributed by atoms with E-state index in [0.29, 0.717) is 23.0 Å². The van der Waals surface area contributed by atoms with Gasteiger partial charge >= 0.3 is 0 Å². The van der Waals surface area contributed by atoms with Crippen molar-refractivity contribution in [1.82, 2.24) is 10.2 Å². The van der Waals surface area contributed by atoms with Crippen molar-refractivity contribution in [3.05, 3.63) is 34.6 Å². The highest BCUT2D eigenvalue weighted by molar-refractivity contribution is 6.31. The fourth-order valence-corrected chi connectivity index (χ4v) is 3.49. The van der Waals surface area contributed by atoms with Crippen LogP contribution in [0.1, 0.15) is 32.3 Å². The standard InChI is InChI=1S/C17H24ClFN2/c1-11(2)16-10-21(17(8-20-16)12-3-4-12)9-13-7-14(19)5-6-15(13)18/h5-7,11-12,16-17,20H,3-4,8-10H2,1-2H3. The first kappa shape index (κ1) is 15.3. The molecule has 4 heteroatoms. The summed E-state index contributed by atoms with van der Waals surface area (Å²) in [6.45, 7) is 7.32. The molecule has 1 saturated carbocycles. The number of halogens is 2. The lowest BCUT2D eigenvalue weighted by atomic mass is 9.97. The van der Waals surface area contributed by atoms with Gasteiger partial charge in [-0.2, -0.15) is 0 Å². The van der Waals surface area contributed by atoms with Crippen molar-refractivity contribution in [2.24, 2.45) is 11.8 Å². The SMILES string of the molecule is CC(C)C1CN(Cc2cc(F)ccc2Cl)C(C2CC2)CN1. The van der Waals surface area contributed by atoms with Crippen molar-refractivity contribution in [2.75, 3.05) is 13.1 Å². The molecule has 0 radical (unpaired) electrons. The maximum Gasteiger partial charge on any atom is 0.123 e. The molecule has 0 bridgehead atoms. The van der Waals surface area contributed by atoms with Crippen LogP contribution in [0.3, 0.4) is 0 Å². The fraction of sp³-hybridized carbons (Fsp3) is 0.647. The van der Waals surface area contributed by atoms with Gasteiger partial charge < -0.3 is 5.32 Å². The van der Waals surface area contributed by atoms with Crippen LogP contribution < -0.4 is 5.32 Å². The van der Waals surface area contributed by atoms with Gasteiger partial charge in [0.15, 0.2) is 0 Å². The van der Waals surface area contributed by atoms with Gasteiger partial charge in [-0.05, 0) is 48.4 Å². The molecule has 2 atom stereocenters. The predicted octanol–water partition coefficient (Wildman–Crippen LogP) is 3.69. The third-order valence-electron chi connectivity index (χ3n) is 4.84. The molecule has 0 amide bonds. The molecule has 2 nitrogen and oxygen atoms in total. The number of hydrogen-bond acceptors (Lipinski definition) is 2. The third kappa shape index (κ3) is 3.58. The van der Waals surface area contributed by atoms with E-state index >= 15 is 0 Å². The zero-order chi connectivity index (χ0) is 15.0. The molecule has 1 aromatic carbocycles. The van der Waals surface area contributed by atoms with Crippen LogP contribution in [0.25, 0.3) is 0 Å². The van der Waals surface area contributed by atoms with Crippen LogP contribution in [0.5, 0.6) is 0 Å². The van der Waals surface area contributed by atoms with Crippen molar-refractivity contribution in [1.29, 1.82) is 0 Å². The number of benzene rings is 1. The maximum atomic E-state index is 13.5. The summed E-state index contributed by atoms with van der Waals surface area (Å²) < 4.78 is 13.5. The van der Waals surface area contributed by atoms with Gasteiger partial charge in [-0.15, -0.1) is 0 Å². The van der Waals surface area contributed by atoms with E-state index in [2.05, 4.69) is 24.1 Å². The van der Waals surface area contributed by atoms with Gasteiger partial charge in [-0.25, -0.2) is 4.39 Å². The van der Waals surface area contributed by atoms with Gasteiger partial charge in [0.25, 0.3) is 0 Å². The van der Waals surface area contributed by atoms with Crippen LogP contribution >= 0.6 is 11.6 Å². The molecule has 1 N–H and O–H groups in total. The monoisotopic (exact) mass is 310 g/mol. The summed E-state index contributed by atoms with van der Waals surface area (Å²) in [6.07, 6.45) is 2.65. The lowest BCUT2D eigenvalue weighted by molar-refractivity contribution is 0.0926. The molecule has 116 valence electrons. The predicted molar refractivity (Wildman–Crippen MR) is 85.0 cm³/mol. The van der Waals surface area contributed by atoms with Crippen molar-refractivity contribution in [2.45, 2.75) is 45.3 Å². The van der Waals surface area contributed by atoms with Crippen LogP contribution in [0.4, 0.5) is 4.39 Å². The molecule has 1 saturated heterocycles. The van der Waals surface area contributed by atoms with Crippen molar-refractivity contribution >= 4 is 11.6 Å². The van der Waals surface area contributed by atoms with Gasteiger partial charge in [-0.3, -0.25) is 4.90 Å². The average Bonchev–Trinajstić information content (AvgIpc) is 3.27. The smallest absolute Gasteiger partial charge is 0.123 e.